The second kappa shape index (κ2) is 7.40. The van der Waals surface area contributed by atoms with Gasteiger partial charge in [-0.1, -0.05) is 19.9 Å². The van der Waals surface area contributed by atoms with Gasteiger partial charge in [-0.3, -0.25) is 9.69 Å². The largest absolute Gasteiger partial charge is 0.457 e. The van der Waals surface area contributed by atoms with Crippen molar-refractivity contribution in [2.75, 3.05) is 18.4 Å². The van der Waals surface area contributed by atoms with E-state index in [1.807, 2.05) is 6.20 Å². The van der Waals surface area contributed by atoms with Crippen LogP contribution in [0.15, 0.2) is 36.8 Å². The molecule has 8 nitrogen and oxygen atoms in total. The lowest BCUT2D eigenvalue weighted by molar-refractivity contribution is 0.0535. The van der Waals surface area contributed by atoms with Crippen molar-refractivity contribution in [1.82, 2.24) is 19.5 Å². The maximum atomic E-state index is 12.7. The molecule has 0 bridgehead atoms. The summed E-state index contributed by atoms with van der Waals surface area (Å²) >= 11 is 0. The number of hydrogen-bond donors (Lipinski definition) is 1. The third-order valence-electron chi connectivity index (χ3n) is 4.90. The van der Waals surface area contributed by atoms with E-state index in [0.717, 1.165) is 30.8 Å². The summed E-state index contributed by atoms with van der Waals surface area (Å²) in [7, 11) is 0. The van der Waals surface area contributed by atoms with Gasteiger partial charge in [-0.2, -0.15) is 5.10 Å². The van der Waals surface area contributed by atoms with Crippen molar-refractivity contribution in [3.8, 4) is 0 Å². The van der Waals surface area contributed by atoms with Gasteiger partial charge in [-0.25, -0.2) is 14.3 Å². The van der Waals surface area contributed by atoms with Crippen molar-refractivity contribution in [3.05, 3.63) is 59.0 Å². The fraction of sp³-hybridized carbons (Fsp3) is 0.300. The highest BCUT2D eigenvalue weighted by atomic mass is 16.5. The fourth-order valence-electron chi connectivity index (χ4n) is 3.25. The van der Waals surface area contributed by atoms with E-state index in [4.69, 9.17) is 4.74 Å². The molecule has 0 saturated carbocycles. The van der Waals surface area contributed by atoms with Gasteiger partial charge in [0, 0.05) is 35.8 Å². The Balaban J connectivity index is 1.55. The first-order chi connectivity index (χ1) is 13.6. The van der Waals surface area contributed by atoms with E-state index in [1.165, 1.54) is 6.20 Å². The smallest absolute Gasteiger partial charge is 0.338 e. The SMILES string of the molecule is CCN(CC)Cc1cnc2c(C(=O)Nc3ccc4c(c3)C(=O)OC4)cnn2c1. The van der Waals surface area contributed by atoms with E-state index in [-0.39, 0.29) is 18.5 Å². The average molecular weight is 379 g/mol. The Morgan fingerprint density at radius 3 is 2.89 bits per heavy atom. The Morgan fingerprint density at radius 2 is 2.11 bits per heavy atom. The molecule has 0 spiro atoms. The van der Waals surface area contributed by atoms with E-state index in [1.54, 1.807) is 28.9 Å². The molecule has 1 aliphatic rings. The Bertz CT molecular complexity index is 1060. The molecule has 0 atom stereocenters. The van der Waals surface area contributed by atoms with Gasteiger partial charge in [-0.15, -0.1) is 0 Å². The molecule has 1 N–H and O–H groups in total. The van der Waals surface area contributed by atoms with Gasteiger partial charge < -0.3 is 10.1 Å². The van der Waals surface area contributed by atoms with Crippen LogP contribution in [-0.4, -0.2) is 44.5 Å². The Labute approximate surface area is 162 Å². The molecule has 0 radical (unpaired) electrons. The number of esters is 1. The molecule has 1 amide bonds. The molecule has 0 fully saturated rings. The van der Waals surface area contributed by atoms with Crippen molar-refractivity contribution in [2.24, 2.45) is 0 Å². The van der Waals surface area contributed by atoms with Crippen LogP contribution in [0.1, 0.15) is 45.7 Å². The molecular formula is C20H21N5O3. The third-order valence-corrected chi connectivity index (χ3v) is 4.90. The molecular weight excluding hydrogens is 358 g/mol. The number of cyclic esters (lactones) is 1. The van der Waals surface area contributed by atoms with Gasteiger partial charge in [0.1, 0.15) is 12.2 Å². The van der Waals surface area contributed by atoms with Crippen LogP contribution in [0.3, 0.4) is 0 Å². The lowest BCUT2D eigenvalue weighted by Gasteiger charge is -2.17. The van der Waals surface area contributed by atoms with Crippen molar-refractivity contribution in [2.45, 2.75) is 27.0 Å². The van der Waals surface area contributed by atoms with Crippen molar-refractivity contribution in [1.29, 1.82) is 0 Å². The lowest BCUT2D eigenvalue weighted by atomic mass is 10.1. The second-order valence-electron chi connectivity index (χ2n) is 6.65. The van der Waals surface area contributed by atoms with Crippen LogP contribution in [0.4, 0.5) is 5.69 Å². The fourth-order valence-corrected chi connectivity index (χ4v) is 3.25. The number of rotatable bonds is 6. The summed E-state index contributed by atoms with van der Waals surface area (Å²) < 4.78 is 6.61. The van der Waals surface area contributed by atoms with Crippen molar-refractivity contribution >= 4 is 23.2 Å². The zero-order valence-corrected chi connectivity index (χ0v) is 15.8. The number of anilines is 1. The van der Waals surface area contributed by atoms with Gasteiger partial charge in [-0.05, 0) is 25.2 Å². The summed E-state index contributed by atoms with van der Waals surface area (Å²) in [5.41, 5.74) is 3.72. The van der Waals surface area contributed by atoms with Gasteiger partial charge in [0.25, 0.3) is 5.91 Å². The zero-order chi connectivity index (χ0) is 19.7. The summed E-state index contributed by atoms with van der Waals surface area (Å²) in [6.45, 7) is 7.19. The monoisotopic (exact) mass is 379 g/mol. The first-order valence-electron chi connectivity index (χ1n) is 9.25. The molecule has 144 valence electrons. The molecule has 3 heterocycles. The van der Waals surface area contributed by atoms with Gasteiger partial charge in [0.15, 0.2) is 5.65 Å². The molecule has 0 aliphatic carbocycles. The number of amides is 1. The van der Waals surface area contributed by atoms with Crippen LogP contribution < -0.4 is 5.32 Å². The molecule has 4 rings (SSSR count). The quantitative estimate of drug-likeness (QED) is 0.662. The van der Waals surface area contributed by atoms with Crippen LogP contribution in [0.5, 0.6) is 0 Å². The first kappa shape index (κ1) is 18.1. The normalized spacial score (nSPS) is 13.0. The Kier molecular flexibility index (Phi) is 4.79. The van der Waals surface area contributed by atoms with Crippen LogP contribution in [0.25, 0.3) is 5.65 Å². The third kappa shape index (κ3) is 3.34. The van der Waals surface area contributed by atoms with Gasteiger partial charge in [0.05, 0.1) is 11.8 Å². The van der Waals surface area contributed by atoms with Gasteiger partial charge in [0.2, 0.25) is 0 Å². The minimum atomic E-state index is -0.371. The molecule has 1 aromatic carbocycles. The molecule has 28 heavy (non-hydrogen) atoms. The van der Waals surface area contributed by atoms with E-state index >= 15 is 0 Å². The Hall–Kier alpha value is -3.26. The highest BCUT2D eigenvalue weighted by molar-refractivity contribution is 6.08. The first-order valence-corrected chi connectivity index (χ1v) is 9.25. The summed E-state index contributed by atoms with van der Waals surface area (Å²) in [4.78, 5) is 31.1. The summed E-state index contributed by atoms with van der Waals surface area (Å²) in [5.74, 6) is -0.699. The van der Waals surface area contributed by atoms with E-state index < -0.39 is 0 Å². The van der Waals surface area contributed by atoms with Crippen LogP contribution in [-0.2, 0) is 17.9 Å². The maximum Gasteiger partial charge on any atom is 0.338 e. The highest BCUT2D eigenvalue weighted by Crippen LogP contribution is 2.24. The molecule has 0 unspecified atom stereocenters. The zero-order valence-electron chi connectivity index (χ0n) is 15.8. The lowest BCUT2D eigenvalue weighted by Crippen LogP contribution is -2.22. The number of ether oxygens (including phenoxy) is 1. The number of carbonyl (C=O) groups is 2. The molecule has 2 aromatic heterocycles. The minimum Gasteiger partial charge on any atom is -0.457 e. The number of carbonyl (C=O) groups excluding carboxylic acids is 2. The minimum absolute atomic E-state index is 0.274. The van der Waals surface area contributed by atoms with Crippen LogP contribution in [0.2, 0.25) is 0 Å². The van der Waals surface area contributed by atoms with E-state index in [2.05, 4.69) is 34.1 Å². The predicted molar refractivity (Wildman–Crippen MR) is 103 cm³/mol. The molecule has 1 aliphatic heterocycles. The number of benzene rings is 1. The van der Waals surface area contributed by atoms with Crippen molar-refractivity contribution in [3.63, 3.8) is 0 Å². The summed E-state index contributed by atoms with van der Waals surface area (Å²) in [6, 6.07) is 5.16. The molecule has 3 aromatic rings. The number of nitrogens with one attached hydrogen (secondary N) is 1. The van der Waals surface area contributed by atoms with Gasteiger partial charge >= 0.3 is 5.97 Å². The maximum absolute atomic E-state index is 12.7. The molecule has 0 saturated heterocycles. The van der Waals surface area contributed by atoms with E-state index in [0.29, 0.717) is 22.5 Å². The average Bonchev–Trinajstić information content (AvgIpc) is 3.29. The van der Waals surface area contributed by atoms with Crippen molar-refractivity contribution < 1.29 is 14.3 Å². The topological polar surface area (TPSA) is 88.8 Å². The number of fused-ring (bicyclic) bond motifs is 2. The number of hydrogen-bond acceptors (Lipinski definition) is 6. The standard InChI is InChI=1S/C20H21N5O3/c1-3-24(4-2)10-13-8-21-18-17(9-22-25(18)11-13)19(26)23-15-6-5-14-12-28-20(27)16(14)7-15/h5-9,11H,3-4,10,12H2,1-2H3,(H,23,26). The number of aromatic nitrogens is 3. The summed E-state index contributed by atoms with van der Waals surface area (Å²) in [6.07, 6.45) is 5.17. The molecule has 8 heteroatoms. The predicted octanol–water partition coefficient (Wildman–Crippen LogP) is 2.49. The summed E-state index contributed by atoms with van der Waals surface area (Å²) in [5, 5.41) is 7.08. The highest BCUT2D eigenvalue weighted by Gasteiger charge is 2.22. The van der Waals surface area contributed by atoms with Crippen LogP contribution >= 0.6 is 0 Å². The van der Waals surface area contributed by atoms with E-state index in [9.17, 15) is 9.59 Å². The van der Waals surface area contributed by atoms with Crippen LogP contribution in [0, 0.1) is 0 Å². The number of nitrogens with zero attached hydrogens (tertiary/aromatic N) is 4. The second-order valence-corrected chi connectivity index (χ2v) is 6.65. The Morgan fingerprint density at radius 1 is 1.29 bits per heavy atom.